The summed E-state index contributed by atoms with van der Waals surface area (Å²) in [6.45, 7) is 6.30. The van der Waals surface area contributed by atoms with Crippen LogP contribution in [0.1, 0.15) is 36.2 Å². The maximum atomic E-state index is 13.0. The standard InChI is InChI=1S/C28H25N7O3.C2H6/c1-2-18-16-22(35-12-14-37-15-13-35)24(31-17-18)25(29)38-28(30)34-26-27(36)32-21-11-7-6-10-20(21)23(33-26)19-8-4-3-5-9-19;1-2/h1,3-11,16-17,26,29H,12-15H2,(H2,30,34)(H,32,36);1-2H3. The third-order valence-corrected chi connectivity index (χ3v) is 6.03. The summed E-state index contributed by atoms with van der Waals surface area (Å²) >= 11 is 0. The van der Waals surface area contributed by atoms with Crippen LogP contribution in [-0.2, 0) is 14.3 Å². The van der Waals surface area contributed by atoms with Gasteiger partial charge in [-0.1, -0.05) is 68.3 Å². The Balaban J connectivity index is 0.00000181. The number of hydrogen-bond acceptors (Lipinski definition) is 8. The van der Waals surface area contributed by atoms with E-state index in [1.807, 2.05) is 67.3 Å². The number of fused-ring (bicyclic) bond motifs is 1. The van der Waals surface area contributed by atoms with Crippen LogP contribution in [0.15, 0.2) is 76.8 Å². The van der Waals surface area contributed by atoms with Gasteiger partial charge in [-0.2, -0.15) is 4.99 Å². The maximum absolute atomic E-state index is 13.0. The molecule has 0 spiro atoms. The lowest BCUT2D eigenvalue weighted by molar-refractivity contribution is -0.117. The Hall–Kier alpha value is -5.01. The topological polar surface area (TPSA) is 138 Å². The van der Waals surface area contributed by atoms with Crippen LogP contribution in [-0.4, -0.2) is 61.0 Å². The quantitative estimate of drug-likeness (QED) is 0.265. The molecule has 3 aromatic rings. The molecule has 204 valence electrons. The van der Waals surface area contributed by atoms with Crippen LogP contribution in [0.25, 0.3) is 0 Å². The van der Waals surface area contributed by atoms with Gasteiger partial charge < -0.3 is 25.4 Å². The Kier molecular flexibility index (Phi) is 9.23. The number of amidine groups is 1. The number of terminal acetylenes is 1. The zero-order valence-corrected chi connectivity index (χ0v) is 22.4. The van der Waals surface area contributed by atoms with E-state index in [0.29, 0.717) is 49.0 Å². The third-order valence-electron chi connectivity index (χ3n) is 6.03. The summed E-state index contributed by atoms with van der Waals surface area (Å²) in [5, 5.41) is 11.4. The fourth-order valence-corrected chi connectivity index (χ4v) is 4.21. The summed E-state index contributed by atoms with van der Waals surface area (Å²) in [6.07, 6.45) is 5.81. The fraction of sp³-hybridized carbons (Fsp3) is 0.233. The van der Waals surface area contributed by atoms with E-state index in [4.69, 9.17) is 27.0 Å². The van der Waals surface area contributed by atoms with Gasteiger partial charge in [0.2, 0.25) is 12.1 Å². The summed E-state index contributed by atoms with van der Waals surface area (Å²) in [7, 11) is 0. The second kappa shape index (κ2) is 13.2. The van der Waals surface area contributed by atoms with Crippen molar-refractivity contribution in [3.05, 3.63) is 89.2 Å². The largest absolute Gasteiger partial charge is 0.405 e. The van der Waals surface area contributed by atoms with Gasteiger partial charge in [-0.15, -0.1) is 6.42 Å². The van der Waals surface area contributed by atoms with Crippen molar-refractivity contribution in [1.82, 2.24) is 4.98 Å². The number of para-hydroxylation sites is 1. The van der Waals surface area contributed by atoms with Crippen molar-refractivity contribution in [3.63, 3.8) is 0 Å². The van der Waals surface area contributed by atoms with Crippen molar-refractivity contribution in [2.45, 2.75) is 20.0 Å². The predicted molar refractivity (Wildman–Crippen MR) is 157 cm³/mol. The van der Waals surface area contributed by atoms with Crippen molar-refractivity contribution in [2.24, 2.45) is 15.7 Å². The Labute approximate surface area is 233 Å². The van der Waals surface area contributed by atoms with Crippen LogP contribution in [0.2, 0.25) is 0 Å². The average molecular weight is 538 g/mol. The van der Waals surface area contributed by atoms with Gasteiger partial charge in [-0.05, 0) is 12.1 Å². The lowest BCUT2D eigenvalue weighted by atomic mass is 10.0. The molecule has 3 heterocycles. The van der Waals surface area contributed by atoms with E-state index in [1.54, 1.807) is 12.1 Å². The minimum atomic E-state index is -1.24. The molecule has 2 aliphatic heterocycles. The number of benzene rings is 2. The highest BCUT2D eigenvalue weighted by molar-refractivity contribution is 6.19. The first kappa shape index (κ1) is 28.0. The minimum absolute atomic E-state index is 0.246. The Morgan fingerprint density at radius 2 is 1.88 bits per heavy atom. The summed E-state index contributed by atoms with van der Waals surface area (Å²) in [5.74, 6) is 1.75. The second-order valence-corrected chi connectivity index (χ2v) is 8.49. The number of pyridine rings is 1. The molecule has 0 bridgehead atoms. The molecule has 1 atom stereocenters. The Bertz CT molecular complexity index is 1470. The second-order valence-electron chi connectivity index (χ2n) is 8.49. The number of rotatable bonds is 4. The molecule has 5 rings (SSSR count). The molecule has 2 aliphatic rings. The molecule has 40 heavy (non-hydrogen) atoms. The van der Waals surface area contributed by atoms with Gasteiger partial charge in [0.05, 0.1) is 30.3 Å². The van der Waals surface area contributed by atoms with Gasteiger partial charge in [0.15, 0.2) is 0 Å². The number of aliphatic imine (C=N–C) groups is 2. The SMILES string of the molecule is C#Cc1cnc(C(=N)O/C(N)=N/C2N=C(c3ccccc3)c3ccccc3NC2=O)c(N2CCOCC2)c1.CC. The Morgan fingerprint density at radius 1 is 1.18 bits per heavy atom. The van der Waals surface area contributed by atoms with Crippen molar-refractivity contribution in [2.75, 3.05) is 36.5 Å². The van der Waals surface area contributed by atoms with Crippen molar-refractivity contribution in [1.29, 1.82) is 5.41 Å². The van der Waals surface area contributed by atoms with Gasteiger partial charge in [0.25, 0.3) is 11.9 Å². The average Bonchev–Trinajstić information content (AvgIpc) is 3.14. The van der Waals surface area contributed by atoms with E-state index in [-0.39, 0.29) is 11.6 Å². The molecule has 2 aromatic carbocycles. The number of aromatic nitrogens is 1. The van der Waals surface area contributed by atoms with E-state index >= 15 is 0 Å². The molecule has 10 heteroatoms. The number of hydrogen-bond donors (Lipinski definition) is 3. The van der Waals surface area contributed by atoms with E-state index in [2.05, 4.69) is 26.2 Å². The van der Waals surface area contributed by atoms with E-state index < -0.39 is 18.1 Å². The number of nitrogens with one attached hydrogen (secondary N) is 2. The third kappa shape index (κ3) is 6.34. The lowest BCUT2D eigenvalue weighted by Gasteiger charge is -2.30. The first-order valence-electron chi connectivity index (χ1n) is 13.0. The van der Waals surface area contributed by atoms with Gasteiger partial charge in [0, 0.05) is 36.0 Å². The highest BCUT2D eigenvalue weighted by atomic mass is 16.5. The highest BCUT2D eigenvalue weighted by Gasteiger charge is 2.27. The summed E-state index contributed by atoms with van der Waals surface area (Å²) in [6, 6.07) is 18.2. The number of morpholine rings is 1. The number of carbonyl (C=O) groups excluding carboxylic acids is 1. The summed E-state index contributed by atoms with van der Waals surface area (Å²) in [4.78, 5) is 28.2. The zero-order chi connectivity index (χ0) is 28.5. The van der Waals surface area contributed by atoms with Crippen LogP contribution in [0, 0.1) is 17.8 Å². The smallest absolute Gasteiger partial charge is 0.291 e. The number of ether oxygens (including phenoxy) is 2. The molecule has 0 radical (unpaired) electrons. The number of amides is 1. The molecule has 0 saturated carbocycles. The summed E-state index contributed by atoms with van der Waals surface area (Å²) in [5.41, 5.74) is 10.3. The van der Waals surface area contributed by atoms with Gasteiger partial charge in [-0.3, -0.25) is 10.2 Å². The van der Waals surface area contributed by atoms with Crippen LogP contribution >= 0.6 is 0 Å². The molecule has 1 amide bonds. The normalized spacial score (nSPS) is 16.7. The van der Waals surface area contributed by atoms with Gasteiger partial charge in [-0.25, -0.2) is 9.98 Å². The number of nitrogens with zero attached hydrogens (tertiary/aromatic N) is 4. The van der Waals surface area contributed by atoms with E-state index in [9.17, 15) is 4.79 Å². The van der Waals surface area contributed by atoms with E-state index in [0.717, 1.165) is 11.1 Å². The molecule has 1 fully saturated rings. The highest BCUT2D eigenvalue weighted by Crippen LogP contribution is 2.25. The number of anilines is 2. The van der Waals surface area contributed by atoms with Crippen molar-refractivity contribution >= 4 is 34.9 Å². The van der Waals surface area contributed by atoms with Crippen LogP contribution in [0.3, 0.4) is 0 Å². The number of carbonyl (C=O) groups is 1. The summed E-state index contributed by atoms with van der Waals surface area (Å²) < 4.78 is 11.0. The first-order chi connectivity index (χ1) is 19.5. The molecule has 1 saturated heterocycles. The predicted octanol–water partition coefficient (Wildman–Crippen LogP) is 3.40. The van der Waals surface area contributed by atoms with Gasteiger partial charge >= 0.3 is 0 Å². The number of benzodiazepines with no additional fused rings is 1. The Morgan fingerprint density at radius 3 is 2.60 bits per heavy atom. The van der Waals surface area contributed by atoms with Crippen molar-refractivity contribution in [3.8, 4) is 12.3 Å². The monoisotopic (exact) mass is 537 g/mol. The van der Waals surface area contributed by atoms with Crippen LogP contribution in [0.4, 0.5) is 11.4 Å². The molecular formula is C30H31N7O3. The molecule has 1 unspecified atom stereocenters. The van der Waals surface area contributed by atoms with Crippen LogP contribution in [0.5, 0.6) is 0 Å². The molecule has 4 N–H and O–H groups in total. The zero-order valence-electron chi connectivity index (χ0n) is 22.4. The minimum Gasteiger partial charge on any atom is -0.405 e. The van der Waals surface area contributed by atoms with Crippen molar-refractivity contribution < 1.29 is 14.3 Å². The fourth-order valence-electron chi connectivity index (χ4n) is 4.21. The molecule has 0 aliphatic carbocycles. The number of nitrogens with two attached hydrogens (primary N) is 1. The molecular weight excluding hydrogens is 506 g/mol. The van der Waals surface area contributed by atoms with Crippen LogP contribution < -0.4 is 16.0 Å². The first-order valence-corrected chi connectivity index (χ1v) is 13.0. The molecule has 10 nitrogen and oxygen atoms in total. The maximum Gasteiger partial charge on any atom is 0.291 e. The lowest BCUT2D eigenvalue weighted by Crippen LogP contribution is -2.37. The van der Waals surface area contributed by atoms with Gasteiger partial charge in [0.1, 0.15) is 5.69 Å². The van der Waals surface area contributed by atoms with E-state index in [1.165, 1.54) is 6.20 Å². The molecule has 1 aromatic heterocycles.